The third-order valence-corrected chi connectivity index (χ3v) is 6.37. The third-order valence-electron chi connectivity index (χ3n) is 4.69. The van der Waals surface area contributed by atoms with Crippen LogP contribution in [0.5, 0.6) is 0 Å². The molecule has 6 nitrogen and oxygen atoms in total. The number of halogens is 1. The fraction of sp³-hybridized carbons (Fsp3) is 0.500. The van der Waals surface area contributed by atoms with Crippen LogP contribution in [0.3, 0.4) is 0 Å². The minimum absolute atomic E-state index is 0.00220. The molecule has 8 heteroatoms. The number of ether oxygens (including phenoxy) is 1. The van der Waals surface area contributed by atoms with Crippen molar-refractivity contribution in [2.45, 2.75) is 49.4 Å². The lowest BCUT2D eigenvalue weighted by Crippen LogP contribution is -2.50. The molecule has 2 aliphatic heterocycles. The van der Waals surface area contributed by atoms with Crippen molar-refractivity contribution in [1.82, 2.24) is 19.7 Å². The fourth-order valence-electron chi connectivity index (χ4n) is 3.81. The second-order valence-corrected chi connectivity index (χ2v) is 8.97. The van der Waals surface area contributed by atoms with Gasteiger partial charge in [-0.25, -0.2) is 4.98 Å². The molecule has 0 amide bonds. The first kappa shape index (κ1) is 18.2. The average molecular weight is 437 g/mol. The highest BCUT2D eigenvalue weighted by atomic mass is 79.9. The number of carbonyl (C=O) groups is 1. The molecule has 1 aromatic carbocycles. The van der Waals surface area contributed by atoms with Crippen molar-refractivity contribution in [2.75, 3.05) is 13.1 Å². The van der Waals surface area contributed by atoms with Crippen LogP contribution >= 0.6 is 27.7 Å². The van der Waals surface area contributed by atoms with Gasteiger partial charge in [0.1, 0.15) is 11.1 Å². The van der Waals surface area contributed by atoms with Crippen molar-refractivity contribution >= 4 is 33.6 Å². The van der Waals surface area contributed by atoms with Gasteiger partial charge in [0.25, 0.3) is 5.91 Å². The van der Waals surface area contributed by atoms with Gasteiger partial charge in [0.2, 0.25) is 0 Å². The maximum absolute atomic E-state index is 13.1. The first-order valence-electron chi connectivity index (χ1n) is 8.72. The number of fused-ring (bicyclic) bond motifs is 1. The molecule has 0 saturated carbocycles. The summed E-state index contributed by atoms with van der Waals surface area (Å²) in [7, 11) is 0. The lowest BCUT2D eigenvalue weighted by atomic mass is 9.99. The normalized spacial score (nSPS) is 27.5. The SMILES string of the molecule is Cc1nc2n(n1)C(=O)C(C(c1cccc(Br)c1)N1CC(C)OC(C)C1)S2. The summed E-state index contributed by atoms with van der Waals surface area (Å²) in [6, 6.07) is 8.16. The molecule has 4 rings (SSSR count). The molecule has 138 valence electrons. The predicted octanol–water partition coefficient (Wildman–Crippen LogP) is 3.31. The zero-order chi connectivity index (χ0) is 18.4. The number of thioether (sulfide) groups is 1. The maximum atomic E-state index is 13.1. The van der Waals surface area contributed by atoms with Gasteiger partial charge in [0.05, 0.1) is 18.2 Å². The molecule has 0 aliphatic carbocycles. The summed E-state index contributed by atoms with van der Waals surface area (Å²) < 4.78 is 8.38. The number of aromatic nitrogens is 3. The number of hydrogen-bond acceptors (Lipinski definition) is 6. The Morgan fingerprint density at radius 3 is 2.69 bits per heavy atom. The van der Waals surface area contributed by atoms with Crippen molar-refractivity contribution in [2.24, 2.45) is 0 Å². The lowest BCUT2D eigenvalue weighted by molar-refractivity contribution is -0.0804. The predicted molar refractivity (Wildman–Crippen MR) is 103 cm³/mol. The summed E-state index contributed by atoms with van der Waals surface area (Å²) in [5.74, 6) is 0.634. The minimum Gasteiger partial charge on any atom is -0.373 e. The van der Waals surface area contributed by atoms with Crippen LogP contribution in [-0.4, -0.2) is 56.1 Å². The summed E-state index contributed by atoms with van der Waals surface area (Å²) >= 11 is 5.08. The van der Waals surface area contributed by atoms with E-state index in [1.807, 2.05) is 19.1 Å². The smallest absolute Gasteiger partial charge is 0.264 e. The van der Waals surface area contributed by atoms with Gasteiger partial charge in [0, 0.05) is 17.6 Å². The summed E-state index contributed by atoms with van der Waals surface area (Å²) in [5, 5.41) is 4.69. The van der Waals surface area contributed by atoms with E-state index in [4.69, 9.17) is 4.74 Å². The lowest BCUT2D eigenvalue weighted by Gasteiger charge is -2.41. The molecule has 0 bridgehead atoms. The Hall–Kier alpha value is -1.22. The van der Waals surface area contributed by atoms with E-state index in [1.54, 1.807) is 0 Å². The number of aryl methyl sites for hydroxylation is 1. The summed E-state index contributed by atoms with van der Waals surface area (Å²) in [4.78, 5) is 19.9. The molecule has 2 aromatic rings. The van der Waals surface area contributed by atoms with Crippen LogP contribution in [0.4, 0.5) is 0 Å². The van der Waals surface area contributed by atoms with Gasteiger partial charge in [-0.1, -0.05) is 39.8 Å². The van der Waals surface area contributed by atoms with Crippen LogP contribution in [-0.2, 0) is 4.74 Å². The molecule has 0 N–H and O–H groups in total. The van der Waals surface area contributed by atoms with Crippen LogP contribution in [0.25, 0.3) is 0 Å². The zero-order valence-corrected chi connectivity index (χ0v) is 17.3. The molecule has 3 heterocycles. The molecule has 0 spiro atoms. The topological polar surface area (TPSA) is 60.2 Å². The monoisotopic (exact) mass is 436 g/mol. The molecule has 1 fully saturated rings. The summed E-state index contributed by atoms with van der Waals surface area (Å²) in [6.45, 7) is 7.56. The van der Waals surface area contributed by atoms with Crippen molar-refractivity contribution in [3.63, 3.8) is 0 Å². The van der Waals surface area contributed by atoms with Gasteiger partial charge in [-0.15, -0.1) is 5.10 Å². The molecular formula is C18H21BrN4O2S. The molecule has 0 radical (unpaired) electrons. The van der Waals surface area contributed by atoms with Crippen LogP contribution in [0.15, 0.2) is 33.9 Å². The van der Waals surface area contributed by atoms with Crippen molar-refractivity contribution < 1.29 is 9.53 Å². The van der Waals surface area contributed by atoms with E-state index in [9.17, 15) is 4.79 Å². The van der Waals surface area contributed by atoms with Crippen LogP contribution < -0.4 is 0 Å². The largest absolute Gasteiger partial charge is 0.373 e. The maximum Gasteiger partial charge on any atom is 0.264 e. The standard InChI is InChI=1S/C18H21BrN4O2S/c1-10-8-22(9-11(2)25-10)15(13-5-4-6-14(19)7-13)16-17(24)23-18(26-16)20-12(3)21-23/h4-7,10-11,15-16H,8-9H2,1-3H3. The van der Waals surface area contributed by atoms with Gasteiger partial charge in [-0.05, 0) is 38.5 Å². The van der Waals surface area contributed by atoms with Crippen LogP contribution in [0.1, 0.15) is 36.1 Å². The molecule has 2 aliphatic rings. The second kappa shape index (κ2) is 7.07. The molecule has 4 unspecified atom stereocenters. The number of benzene rings is 1. The van der Waals surface area contributed by atoms with E-state index in [-0.39, 0.29) is 29.4 Å². The van der Waals surface area contributed by atoms with Crippen molar-refractivity contribution in [3.05, 3.63) is 40.1 Å². The van der Waals surface area contributed by atoms with Gasteiger partial charge in [-0.3, -0.25) is 9.69 Å². The van der Waals surface area contributed by atoms with Gasteiger partial charge in [-0.2, -0.15) is 4.68 Å². The van der Waals surface area contributed by atoms with Gasteiger partial charge >= 0.3 is 0 Å². The molecule has 1 saturated heterocycles. The van der Waals surface area contributed by atoms with E-state index in [0.29, 0.717) is 11.0 Å². The molecule has 1 aromatic heterocycles. The third kappa shape index (κ3) is 3.35. The second-order valence-electron chi connectivity index (χ2n) is 6.94. The fourth-order valence-corrected chi connectivity index (χ4v) is 5.53. The quantitative estimate of drug-likeness (QED) is 0.735. The highest BCUT2D eigenvalue weighted by Crippen LogP contribution is 2.42. The Labute approximate surface area is 165 Å². The summed E-state index contributed by atoms with van der Waals surface area (Å²) in [6.07, 6.45) is 0.264. The first-order valence-corrected chi connectivity index (χ1v) is 10.4. The number of carbonyl (C=O) groups excluding carboxylic acids is 1. The molecular weight excluding hydrogens is 416 g/mol. The van der Waals surface area contributed by atoms with Crippen LogP contribution in [0, 0.1) is 6.92 Å². The summed E-state index contributed by atoms with van der Waals surface area (Å²) in [5.41, 5.74) is 1.12. The zero-order valence-electron chi connectivity index (χ0n) is 14.9. The number of nitrogens with zero attached hydrogens (tertiary/aromatic N) is 4. The van der Waals surface area contributed by atoms with E-state index in [0.717, 1.165) is 23.1 Å². The minimum atomic E-state index is -0.266. The number of morpholine rings is 1. The number of rotatable bonds is 3. The van der Waals surface area contributed by atoms with Crippen LogP contribution in [0.2, 0.25) is 0 Å². The Kier molecular flexibility index (Phi) is 4.94. The first-order chi connectivity index (χ1) is 12.4. The Morgan fingerprint density at radius 2 is 2.04 bits per heavy atom. The van der Waals surface area contributed by atoms with Crippen molar-refractivity contribution in [1.29, 1.82) is 0 Å². The van der Waals surface area contributed by atoms with Gasteiger partial charge in [0.15, 0.2) is 5.16 Å². The highest BCUT2D eigenvalue weighted by Gasteiger charge is 2.44. The number of hydrogen-bond donors (Lipinski definition) is 0. The average Bonchev–Trinajstić information content (AvgIpc) is 3.05. The van der Waals surface area contributed by atoms with E-state index < -0.39 is 0 Å². The van der Waals surface area contributed by atoms with E-state index >= 15 is 0 Å². The van der Waals surface area contributed by atoms with Gasteiger partial charge < -0.3 is 4.74 Å². The molecule has 26 heavy (non-hydrogen) atoms. The molecule has 4 atom stereocenters. The van der Waals surface area contributed by atoms with E-state index in [2.05, 4.69) is 56.9 Å². The Balaban J connectivity index is 1.72. The Morgan fingerprint density at radius 1 is 1.31 bits per heavy atom. The van der Waals surface area contributed by atoms with Crippen molar-refractivity contribution in [3.8, 4) is 0 Å². The van der Waals surface area contributed by atoms with E-state index in [1.165, 1.54) is 16.4 Å². The Bertz CT molecular complexity index is 832. The highest BCUT2D eigenvalue weighted by molar-refractivity contribution is 9.10.